The molecule has 12 heteroatoms. The molecule has 294 valence electrons. The maximum atomic E-state index is 14.4. The van der Waals surface area contributed by atoms with Crippen LogP contribution in [0.25, 0.3) is 0 Å². The van der Waals surface area contributed by atoms with E-state index < -0.39 is 47.5 Å². The molecular weight excluding hydrogens is 664 g/mol. The molecule has 3 fully saturated rings. The lowest BCUT2D eigenvalue weighted by Crippen LogP contribution is -2.59. The third-order valence-electron chi connectivity index (χ3n) is 11.7. The number of aliphatic hydroxyl groups is 1. The normalized spacial score (nSPS) is 36.1. The molecule has 52 heavy (non-hydrogen) atoms. The monoisotopic (exact) mass is 730 g/mol. The number of ketones is 1. The van der Waals surface area contributed by atoms with Crippen molar-refractivity contribution in [2.24, 2.45) is 17.3 Å². The topological polar surface area (TPSA) is 121 Å². The molecule has 1 aromatic carbocycles. The van der Waals surface area contributed by atoms with Crippen molar-refractivity contribution in [3.63, 3.8) is 0 Å². The predicted octanol–water partition coefficient (Wildman–Crippen LogP) is 3.47. The SMILES string of the molecule is CO[C@]1(C)C[C@@H](C)CN(C)[C@@H](CN2CCN(C(=O)c3cccc(C)c3)CC2)[C@H](C)OC(=O)C(C)(C)C(=O)[C@H](C)[C@H]1O[C@@H]1O[C@H](C)C[C@H](N(C)C)[C@H]1O. The maximum Gasteiger partial charge on any atom is 0.319 e. The van der Waals surface area contributed by atoms with E-state index in [4.69, 9.17) is 18.9 Å². The van der Waals surface area contributed by atoms with Gasteiger partial charge in [-0.1, -0.05) is 31.5 Å². The van der Waals surface area contributed by atoms with Crippen LogP contribution in [0.4, 0.5) is 0 Å². The van der Waals surface area contributed by atoms with Gasteiger partial charge in [-0.2, -0.15) is 0 Å². The molecule has 1 N–H and O–H groups in total. The number of cyclic esters (lactones) is 1. The van der Waals surface area contributed by atoms with Gasteiger partial charge in [-0.25, -0.2) is 0 Å². The number of hydrogen-bond acceptors (Lipinski definition) is 11. The second-order valence-electron chi connectivity index (χ2n) is 16.8. The second kappa shape index (κ2) is 17.3. The first-order chi connectivity index (χ1) is 24.3. The van der Waals surface area contributed by atoms with Crippen LogP contribution in [0.2, 0.25) is 0 Å². The summed E-state index contributed by atoms with van der Waals surface area (Å²) in [5, 5.41) is 11.4. The molecule has 4 rings (SSSR count). The van der Waals surface area contributed by atoms with Gasteiger partial charge < -0.3 is 33.9 Å². The largest absolute Gasteiger partial charge is 0.460 e. The van der Waals surface area contributed by atoms with E-state index in [1.165, 1.54) is 0 Å². The zero-order valence-corrected chi connectivity index (χ0v) is 33.8. The van der Waals surface area contributed by atoms with Crippen molar-refractivity contribution >= 4 is 17.7 Å². The minimum Gasteiger partial charge on any atom is -0.460 e. The molecule has 0 aliphatic carbocycles. The molecule has 0 radical (unpaired) electrons. The lowest BCUT2D eigenvalue weighted by molar-refractivity contribution is -0.295. The summed E-state index contributed by atoms with van der Waals surface area (Å²) >= 11 is 0. The molecule has 0 bridgehead atoms. The van der Waals surface area contributed by atoms with E-state index in [1.807, 2.05) is 75.9 Å². The Bertz CT molecular complexity index is 1380. The number of esters is 1. The van der Waals surface area contributed by atoms with Gasteiger partial charge in [-0.05, 0) is 93.6 Å². The van der Waals surface area contributed by atoms with Gasteiger partial charge in [0.1, 0.15) is 17.6 Å². The van der Waals surface area contributed by atoms with Crippen molar-refractivity contribution in [2.75, 3.05) is 67.5 Å². The third kappa shape index (κ3) is 9.61. The smallest absolute Gasteiger partial charge is 0.319 e. The fraction of sp³-hybridized carbons (Fsp3) is 0.775. The molecule has 10 atom stereocenters. The van der Waals surface area contributed by atoms with E-state index in [0.29, 0.717) is 57.7 Å². The summed E-state index contributed by atoms with van der Waals surface area (Å²) in [5.41, 5.74) is -0.696. The highest BCUT2D eigenvalue weighted by molar-refractivity contribution is 6.04. The number of Topliss-reactive ketones (excluding diaryl/α,β-unsaturated/α-hetero) is 1. The van der Waals surface area contributed by atoms with E-state index in [1.54, 1.807) is 27.9 Å². The third-order valence-corrected chi connectivity index (χ3v) is 11.7. The molecule has 3 heterocycles. The van der Waals surface area contributed by atoms with E-state index >= 15 is 0 Å². The fourth-order valence-corrected chi connectivity index (χ4v) is 8.50. The number of benzene rings is 1. The number of ether oxygens (including phenoxy) is 4. The summed E-state index contributed by atoms with van der Waals surface area (Å²) in [5.74, 6) is -1.60. The van der Waals surface area contributed by atoms with Crippen molar-refractivity contribution in [1.82, 2.24) is 19.6 Å². The van der Waals surface area contributed by atoms with Crippen LogP contribution in [-0.4, -0.2) is 158 Å². The first-order valence-electron chi connectivity index (χ1n) is 19.0. The average Bonchev–Trinajstić information content (AvgIpc) is 3.09. The van der Waals surface area contributed by atoms with Crippen LogP contribution in [0.15, 0.2) is 24.3 Å². The van der Waals surface area contributed by atoms with E-state index in [-0.39, 0.29) is 35.8 Å². The molecule has 0 unspecified atom stereocenters. The summed E-state index contributed by atoms with van der Waals surface area (Å²) in [4.78, 5) is 50.1. The number of carbonyl (C=O) groups excluding carboxylic acids is 3. The van der Waals surface area contributed by atoms with Crippen LogP contribution in [0, 0.1) is 24.2 Å². The highest BCUT2D eigenvalue weighted by Gasteiger charge is 2.52. The van der Waals surface area contributed by atoms with Gasteiger partial charge in [0.15, 0.2) is 12.1 Å². The predicted molar refractivity (Wildman–Crippen MR) is 200 cm³/mol. The minimum absolute atomic E-state index is 0.0415. The number of methoxy groups -OCH3 is 1. The zero-order chi connectivity index (χ0) is 38.7. The first-order valence-corrected chi connectivity index (χ1v) is 19.0. The molecule has 3 aliphatic heterocycles. The Hall–Kier alpha value is -2.45. The van der Waals surface area contributed by atoms with Crippen LogP contribution >= 0.6 is 0 Å². The van der Waals surface area contributed by atoms with Gasteiger partial charge in [0.2, 0.25) is 0 Å². The fourth-order valence-electron chi connectivity index (χ4n) is 8.50. The lowest BCUT2D eigenvalue weighted by Gasteiger charge is -2.47. The molecule has 0 saturated carbocycles. The average molecular weight is 731 g/mol. The van der Waals surface area contributed by atoms with Crippen molar-refractivity contribution < 1.29 is 38.4 Å². The maximum absolute atomic E-state index is 14.4. The Morgan fingerprint density at radius 3 is 2.31 bits per heavy atom. The van der Waals surface area contributed by atoms with Gasteiger partial charge in [0, 0.05) is 63.9 Å². The molecule has 3 aliphatic rings. The van der Waals surface area contributed by atoms with Crippen LogP contribution in [0.5, 0.6) is 0 Å². The molecular formula is C40H66N4O8. The molecule has 3 saturated heterocycles. The number of carbonyl (C=O) groups is 3. The highest BCUT2D eigenvalue weighted by Crippen LogP contribution is 2.38. The van der Waals surface area contributed by atoms with Crippen molar-refractivity contribution in [1.29, 1.82) is 0 Å². The molecule has 0 aromatic heterocycles. The Morgan fingerprint density at radius 2 is 1.71 bits per heavy atom. The standard InChI is InChI=1S/C40H66N4O8/c1-25-14-13-15-30(20-25)36(47)44-18-16-43(17-19-44)24-32-29(5)51-38(48)39(6,7)34(46)28(4)35(40(8,49-12)22-26(2)23-42(32)11)52-37-33(45)31(41(9)10)21-27(3)50-37/h13-15,20,26-29,31-33,35,37,45H,16-19,21-24H2,1-12H3/t26-,27-,28+,29+,31+,32+,33-,35-,37+,40-/m1/s1. The van der Waals surface area contributed by atoms with Gasteiger partial charge in [-0.3, -0.25) is 24.2 Å². The Morgan fingerprint density at radius 1 is 1.06 bits per heavy atom. The summed E-state index contributed by atoms with van der Waals surface area (Å²) < 4.78 is 25.3. The Labute approximate surface area is 312 Å². The Balaban J connectivity index is 1.57. The van der Waals surface area contributed by atoms with Crippen LogP contribution in [-0.2, 0) is 28.5 Å². The van der Waals surface area contributed by atoms with E-state index in [9.17, 15) is 19.5 Å². The molecule has 0 spiro atoms. The highest BCUT2D eigenvalue weighted by atomic mass is 16.7. The summed E-state index contributed by atoms with van der Waals surface area (Å²) in [7, 11) is 7.51. The summed E-state index contributed by atoms with van der Waals surface area (Å²) in [6.45, 7) is 18.8. The van der Waals surface area contributed by atoms with Crippen molar-refractivity contribution in [3.8, 4) is 0 Å². The lowest BCUT2D eigenvalue weighted by atomic mass is 9.74. The van der Waals surface area contributed by atoms with Gasteiger partial charge in [0.05, 0.1) is 23.9 Å². The quantitative estimate of drug-likeness (QED) is 0.328. The van der Waals surface area contributed by atoms with Crippen molar-refractivity contribution in [3.05, 3.63) is 35.4 Å². The Kier molecular flexibility index (Phi) is 14.1. The number of nitrogens with zero attached hydrogens (tertiary/aromatic N) is 4. The van der Waals surface area contributed by atoms with Crippen LogP contribution in [0.3, 0.4) is 0 Å². The number of aliphatic hydroxyl groups excluding tert-OH is 1. The number of likely N-dealkylation sites (N-methyl/N-ethyl adjacent to an activating group) is 2. The van der Waals surface area contributed by atoms with Gasteiger partial charge >= 0.3 is 5.97 Å². The number of piperazine rings is 1. The van der Waals surface area contributed by atoms with E-state index in [0.717, 1.165) is 5.56 Å². The molecule has 12 nitrogen and oxygen atoms in total. The first kappa shape index (κ1) is 42.3. The zero-order valence-electron chi connectivity index (χ0n) is 33.8. The van der Waals surface area contributed by atoms with Gasteiger partial charge in [-0.15, -0.1) is 0 Å². The van der Waals surface area contributed by atoms with Crippen LogP contribution in [0.1, 0.15) is 77.2 Å². The number of rotatable bonds is 7. The molecule has 1 aromatic rings. The number of hydrogen-bond donors (Lipinski definition) is 1. The number of aryl methyl sites for hydroxylation is 1. The molecule has 1 amide bonds. The minimum atomic E-state index is -1.49. The second-order valence-corrected chi connectivity index (χ2v) is 16.8. The van der Waals surface area contributed by atoms with Gasteiger partial charge in [0.25, 0.3) is 5.91 Å². The summed E-state index contributed by atoms with van der Waals surface area (Å²) in [6.07, 6.45) is -2.30. The van der Waals surface area contributed by atoms with Crippen LogP contribution < -0.4 is 0 Å². The van der Waals surface area contributed by atoms with Crippen molar-refractivity contribution in [2.45, 2.75) is 117 Å². The number of amides is 1. The van der Waals surface area contributed by atoms with E-state index in [2.05, 4.69) is 23.8 Å². The summed E-state index contributed by atoms with van der Waals surface area (Å²) in [6, 6.07) is 7.33.